The summed E-state index contributed by atoms with van der Waals surface area (Å²) >= 11 is 0. The number of unbranched alkanes of at least 4 members (excludes halogenated alkanes) is 2. The average Bonchev–Trinajstić information content (AvgIpc) is 2.52. The smallest absolute Gasteiger partial charge is 0.317 e. The zero-order valence-electron chi connectivity index (χ0n) is 8.68. The number of carbonyl (C=O) groups is 1. The first kappa shape index (κ1) is 10.4. The third-order valence-corrected chi connectivity index (χ3v) is 2.65. The van der Waals surface area contributed by atoms with E-state index in [1.807, 2.05) is 4.90 Å². The zero-order chi connectivity index (χ0) is 9.68. The highest BCUT2D eigenvalue weighted by molar-refractivity contribution is 5.76. The van der Waals surface area contributed by atoms with Crippen molar-refractivity contribution >= 4 is 6.03 Å². The molecule has 0 spiro atoms. The molecule has 1 heterocycles. The second-order valence-corrected chi connectivity index (χ2v) is 3.77. The second-order valence-electron chi connectivity index (χ2n) is 3.77. The summed E-state index contributed by atoms with van der Waals surface area (Å²) in [5, 5.41) is 2.83. The van der Waals surface area contributed by atoms with Gasteiger partial charge in [-0.1, -0.05) is 26.2 Å². The number of rotatable bonds is 5. The van der Waals surface area contributed by atoms with Crippen molar-refractivity contribution in [1.29, 1.82) is 0 Å². The van der Waals surface area contributed by atoms with Gasteiger partial charge in [-0.3, -0.25) is 0 Å². The van der Waals surface area contributed by atoms with Crippen LogP contribution in [0.15, 0.2) is 0 Å². The molecule has 0 aliphatic carbocycles. The summed E-state index contributed by atoms with van der Waals surface area (Å²) in [4.78, 5) is 13.2. The van der Waals surface area contributed by atoms with Gasteiger partial charge in [0, 0.05) is 19.1 Å². The first-order valence-corrected chi connectivity index (χ1v) is 5.30. The summed E-state index contributed by atoms with van der Waals surface area (Å²) in [6, 6.07) is 0.526. The topological polar surface area (TPSA) is 32.3 Å². The van der Waals surface area contributed by atoms with Crippen molar-refractivity contribution < 1.29 is 4.79 Å². The Morgan fingerprint density at radius 1 is 1.54 bits per heavy atom. The Morgan fingerprint density at radius 2 is 2.31 bits per heavy atom. The van der Waals surface area contributed by atoms with Crippen LogP contribution in [0, 0.1) is 0 Å². The van der Waals surface area contributed by atoms with Crippen molar-refractivity contribution in [3.05, 3.63) is 0 Å². The van der Waals surface area contributed by atoms with E-state index in [0.717, 1.165) is 19.5 Å². The molecular weight excluding hydrogens is 164 g/mol. The first-order chi connectivity index (χ1) is 6.25. The molecule has 1 fully saturated rings. The fraction of sp³-hybridized carbons (Fsp3) is 0.900. The van der Waals surface area contributed by atoms with Crippen LogP contribution in [0.25, 0.3) is 0 Å². The van der Waals surface area contributed by atoms with Crippen molar-refractivity contribution in [1.82, 2.24) is 10.2 Å². The minimum absolute atomic E-state index is 0.115. The van der Waals surface area contributed by atoms with Crippen LogP contribution in [0.4, 0.5) is 4.79 Å². The van der Waals surface area contributed by atoms with Gasteiger partial charge in [-0.15, -0.1) is 0 Å². The monoisotopic (exact) mass is 184 g/mol. The van der Waals surface area contributed by atoms with Crippen LogP contribution < -0.4 is 5.32 Å². The van der Waals surface area contributed by atoms with E-state index in [1.165, 1.54) is 19.3 Å². The van der Waals surface area contributed by atoms with E-state index < -0.39 is 0 Å². The predicted octanol–water partition coefficient (Wildman–Crippen LogP) is 1.98. The fourth-order valence-electron chi connectivity index (χ4n) is 1.75. The first-order valence-electron chi connectivity index (χ1n) is 5.30. The van der Waals surface area contributed by atoms with Gasteiger partial charge in [-0.2, -0.15) is 0 Å². The van der Waals surface area contributed by atoms with Gasteiger partial charge >= 0.3 is 6.03 Å². The van der Waals surface area contributed by atoms with Gasteiger partial charge in [-0.25, -0.2) is 4.79 Å². The molecule has 0 aromatic carbocycles. The van der Waals surface area contributed by atoms with Crippen LogP contribution in [-0.4, -0.2) is 30.1 Å². The van der Waals surface area contributed by atoms with Gasteiger partial charge < -0.3 is 10.2 Å². The maximum atomic E-state index is 11.3. The van der Waals surface area contributed by atoms with Crippen molar-refractivity contribution in [3.63, 3.8) is 0 Å². The lowest BCUT2D eigenvalue weighted by Gasteiger charge is -2.22. The van der Waals surface area contributed by atoms with Crippen molar-refractivity contribution in [2.45, 2.75) is 45.6 Å². The second kappa shape index (κ2) is 5.10. The quantitative estimate of drug-likeness (QED) is 0.651. The third-order valence-electron chi connectivity index (χ3n) is 2.65. The minimum Gasteiger partial charge on any atom is -0.336 e. The van der Waals surface area contributed by atoms with Gasteiger partial charge in [-0.05, 0) is 13.3 Å². The molecule has 76 valence electrons. The van der Waals surface area contributed by atoms with Crippen LogP contribution in [0.3, 0.4) is 0 Å². The molecule has 1 aliphatic heterocycles. The number of amides is 2. The summed E-state index contributed by atoms with van der Waals surface area (Å²) < 4.78 is 0. The average molecular weight is 184 g/mol. The maximum Gasteiger partial charge on any atom is 0.317 e. The van der Waals surface area contributed by atoms with E-state index in [2.05, 4.69) is 19.2 Å². The molecule has 3 heteroatoms. The predicted molar refractivity (Wildman–Crippen MR) is 53.7 cm³/mol. The molecule has 0 bridgehead atoms. The molecule has 1 aliphatic rings. The molecule has 1 saturated heterocycles. The Morgan fingerprint density at radius 3 is 2.85 bits per heavy atom. The van der Waals surface area contributed by atoms with E-state index in [0.29, 0.717) is 6.04 Å². The lowest BCUT2D eigenvalue weighted by atomic mass is 10.1. The molecule has 3 nitrogen and oxygen atoms in total. The molecule has 0 radical (unpaired) electrons. The van der Waals surface area contributed by atoms with E-state index in [9.17, 15) is 4.79 Å². The van der Waals surface area contributed by atoms with Gasteiger partial charge in [0.15, 0.2) is 0 Å². The largest absolute Gasteiger partial charge is 0.336 e. The van der Waals surface area contributed by atoms with E-state index in [4.69, 9.17) is 0 Å². The summed E-state index contributed by atoms with van der Waals surface area (Å²) in [7, 11) is 0. The molecule has 0 saturated carbocycles. The van der Waals surface area contributed by atoms with Crippen LogP contribution >= 0.6 is 0 Å². The Bertz CT molecular complexity index is 170. The number of nitrogens with zero attached hydrogens (tertiary/aromatic N) is 1. The number of hydrogen-bond donors (Lipinski definition) is 1. The molecule has 13 heavy (non-hydrogen) atoms. The lowest BCUT2D eigenvalue weighted by Crippen LogP contribution is -2.35. The summed E-state index contributed by atoms with van der Waals surface area (Å²) in [6.45, 7) is 6.04. The Kier molecular flexibility index (Phi) is 4.06. The van der Waals surface area contributed by atoms with Gasteiger partial charge in [0.2, 0.25) is 0 Å². The maximum absolute atomic E-state index is 11.3. The highest BCUT2D eigenvalue weighted by Gasteiger charge is 2.23. The Hall–Kier alpha value is -0.730. The Labute approximate surface area is 80.5 Å². The van der Waals surface area contributed by atoms with E-state index >= 15 is 0 Å². The zero-order valence-corrected chi connectivity index (χ0v) is 8.68. The lowest BCUT2D eigenvalue weighted by molar-refractivity contribution is 0.198. The summed E-state index contributed by atoms with van der Waals surface area (Å²) in [5.74, 6) is 0. The molecular formula is C10H20N2O. The van der Waals surface area contributed by atoms with E-state index in [1.54, 1.807) is 0 Å². The number of nitrogens with one attached hydrogen (secondary N) is 1. The number of urea groups is 1. The summed E-state index contributed by atoms with van der Waals surface area (Å²) in [5.41, 5.74) is 0. The van der Waals surface area contributed by atoms with Gasteiger partial charge in [0.1, 0.15) is 0 Å². The van der Waals surface area contributed by atoms with E-state index in [-0.39, 0.29) is 6.03 Å². The molecule has 1 rings (SSSR count). The SMILES string of the molecule is CCCCCC(C)N1CCNC1=O. The number of hydrogen-bond acceptors (Lipinski definition) is 1. The molecule has 2 amide bonds. The van der Waals surface area contributed by atoms with Crippen molar-refractivity contribution in [2.75, 3.05) is 13.1 Å². The third kappa shape index (κ3) is 2.90. The van der Waals surface area contributed by atoms with Crippen LogP contribution in [-0.2, 0) is 0 Å². The number of carbonyl (C=O) groups excluding carboxylic acids is 1. The van der Waals surface area contributed by atoms with Crippen LogP contribution in [0.2, 0.25) is 0 Å². The minimum atomic E-state index is 0.115. The van der Waals surface area contributed by atoms with Crippen molar-refractivity contribution in [2.24, 2.45) is 0 Å². The van der Waals surface area contributed by atoms with Gasteiger partial charge in [0.25, 0.3) is 0 Å². The molecule has 0 aromatic rings. The Balaban J connectivity index is 2.22. The normalized spacial score (nSPS) is 18.9. The van der Waals surface area contributed by atoms with Crippen LogP contribution in [0.1, 0.15) is 39.5 Å². The standard InChI is InChI=1S/C10H20N2O/c1-3-4-5-6-9(2)12-8-7-11-10(12)13/h9H,3-8H2,1-2H3,(H,11,13). The van der Waals surface area contributed by atoms with Crippen LogP contribution in [0.5, 0.6) is 0 Å². The van der Waals surface area contributed by atoms with Gasteiger partial charge in [0.05, 0.1) is 0 Å². The highest BCUT2D eigenvalue weighted by Crippen LogP contribution is 2.11. The summed E-state index contributed by atoms with van der Waals surface area (Å²) in [6.07, 6.45) is 4.90. The molecule has 0 aromatic heterocycles. The molecule has 1 unspecified atom stereocenters. The highest BCUT2D eigenvalue weighted by atomic mass is 16.2. The molecule has 1 N–H and O–H groups in total. The fourth-order valence-corrected chi connectivity index (χ4v) is 1.75. The molecule has 1 atom stereocenters. The van der Waals surface area contributed by atoms with Crippen molar-refractivity contribution in [3.8, 4) is 0 Å².